The molecule has 0 saturated heterocycles. The molecule has 0 atom stereocenters. The summed E-state index contributed by atoms with van der Waals surface area (Å²) in [4.78, 5) is 12.3. The number of ether oxygens (including phenoxy) is 1. The molecule has 2 aromatic rings. The van der Waals surface area contributed by atoms with E-state index in [1.807, 2.05) is 0 Å². The van der Waals surface area contributed by atoms with E-state index < -0.39 is 0 Å². The van der Waals surface area contributed by atoms with Crippen LogP contribution in [0.4, 0.5) is 5.82 Å². The van der Waals surface area contributed by atoms with Crippen molar-refractivity contribution in [2.45, 2.75) is 16.9 Å². The number of aromatic nitrogens is 3. The van der Waals surface area contributed by atoms with E-state index in [0.717, 1.165) is 0 Å². The van der Waals surface area contributed by atoms with Crippen LogP contribution in [0.25, 0.3) is 0 Å². The maximum absolute atomic E-state index is 5.65. The van der Waals surface area contributed by atoms with Crippen molar-refractivity contribution in [2.24, 2.45) is 0 Å². The fraction of sp³-hybridized carbons (Fsp3) is 0.222. The van der Waals surface area contributed by atoms with Gasteiger partial charge in [-0.1, -0.05) is 0 Å². The molecule has 0 unspecified atom stereocenters. The highest BCUT2D eigenvalue weighted by atomic mass is 32.2. The average molecular weight is 238 g/mol. The Bertz CT molecular complexity index is 461. The fourth-order valence-corrected chi connectivity index (χ4v) is 1.82. The van der Waals surface area contributed by atoms with Gasteiger partial charge in [0, 0.05) is 13.2 Å². The Balaban J connectivity index is 2.20. The summed E-state index contributed by atoms with van der Waals surface area (Å²) in [6.07, 6.45) is 3.08. The third-order valence-corrected chi connectivity index (χ3v) is 2.44. The summed E-state index contributed by atoms with van der Waals surface area (Å²) >= 11 is 1.28. The van der Waals surface area contributed by atoms with Gasteiger partial charge in [0.1, 0.15) is 23.7 Å². The highest BCUT2D eigenvalue weighted by Crippen LogP contribution is 2.25. The molecule has 0 spiro atoms. The third kappa shape index (κ3) is 2.71. The summed E-state index contributed by atoms with van der Waals surface area (Å²) < 4.78 is 10.0. The van der Waals surface area contributed by atoms with Crippen LogP contribution in [0, 0.1) is 0 Å². The maximum atomic E-state index is 5.65. The predicted octanol–water partition coefficient (Wildman–Crippen LogP) is 1.34. The molecule has 0 radical (unpaired) electrons. The molecule has 0 fully saturated rings. The van der Waals surface area contributed by atoms with E-state index >= 15 is 0 Å². The fourth-order valence-electron chi connectivity index (χ4n) is 1.09. The summed E-state index contributed by atoms with van der Waals surface area (Å²) in [5, 5.41) is 1.20. The van der Waals surface area contributed by atoms with E-state index in [4.69, 9.17) is 14.9 Å². The van der Waals surface area contributed by atoms with Crippen LogP contribution < -0.4 is 5.73 Å². The first-order chi connectivity index (χ1) is 7.78. The van der Waals surface area contributed by atoms with Crippen LogP contribution >= 0.6 is 11.8 Å². The predicted molar refractivity (Wildman–Crippen MR) is 57.8 cm³/mol. The number of hydrogen-bond donors (Lipinski definition) is 1. The Morgan fingerprint density at radius 1 is 1.50 bits per heavy atom. The van der Waals surface area contributed by atoms with Gasteiger partial charge in [0.2, 0.25) is 0 Å². The molecule has 0 aliphatic rings. The zero-order valence-electron chi connectivity index (χ0n) is 8.58. The van der Waals surface area contributed by atoms with Gasteiger partial charge in [-0.2, -0.15) is 0 Å². The number of nitrogen functional groups attached to an aromatic ring is 1. The molecule has 0 bridgehead atoms. The quantitative estimate of drug-likeness (QED) is 0.804. The molecule has 84 valence electrons. The second-order valence-electron chi connectivity index (χ2n) is 2.88. The Morgan fingerprint density at radius 3 is 3.06 bits per heavy atom. The largest absolute Gasteiger partial charge is 0.440 e. The lowest BCUT2D eigenvalue weighted by molar-refractivity contribution is 0.177. The summed E-state index contributed by atoms with van der Waals surface area (Å²) in [6.45, 7) is 0.324. The Kier molecular flexibility index (Phi) is 3.37. The van der Waals surface area contributed by atoms with Crippen LogP contribution in [-0.4, -0.2) is 22.1 Å². The second-order valence-corrected chi connectivity index (χ2v) is 3.85. The van der Waals surface area contributed by atoms with Crippen LogP contribution in [0.5, 0.6) is 0 Å². The van der Waals surface area contributed by atoms with Crippen LogP contribution in [0.15, 0.2) is 33.2 Å². The maximum Gasteiger partial charge on any atom is 0.261 e. The van der Waals surface area contributed by atoms with Gasteiger partial charge in [0.05, 0.1) is 6.20 Å². The minimum absolute atomic E-state index is 0.324. The monoisotopic (exact) mass is 238 g/mol. The van der Waals surface area contributed by atoms with Crippen molar-refractivity contribution in [2.75, 3.05) is 12.8 Å². The molecule has 0 aromatic carbocycles. The summed E-state index contributed by atoms with van der Waals surface area (Å²) in [5.74, 6) is 0.938. The van der Waals surface area contributed by atoms with Crippen molar-refractivity contribution >= 4 is 17.6 Å². The van der Waals surface area contributed by atoms with Crippen LogP contribution in [0.1, 0.15) is 5.82 Å². The van der Waals surface area contributed by atoms with Gasteiger partial charge in [-0.05, 0) is 11.8 Å². The average Bonchev–Trinajstić information content (AvgIpc) is 2.70. The zero-order chi connectivity index (χ0) is 11.4. The summed E-state index contributed by atoms with van der Waals surface area (Å²) in [5.41, 5.74) is 5.65. The number of methoxy groups -OCH3 is 1. The second kappa shape index (κ2) is 4.95. The normalized spacial score (nSPS) is 10.6. The van der Waals surface area contributed by atoms with Gasteiger partial charge < -0.3 is 14.9 Å². The Hall–Kier alpha value is -1.60. The van der Waals surface area contributed by atoms with Gasteiger partial charge in [0.25, 0.3) is 5.22 Å². The van der Waals surface area contributed by atoms with Gasteiger partial charge >= 0.3 is 0 Å². The molecular formula is C9H10N4O2S. The van der Waals surface area contributed by atoms with Crippen molar-refractivity contribution in [1.29, 1.82) is 0 Å². The Labute approximate surface area is 96.2 Å². The molecule has 2 rings (SSSR count). The molecule has 7 heteroatoms. The molecule has 0 aliphatic carbocycles. The first-order valence-corrected chi connectivity index (χ1v) is 5.29. The molecule has 2 N–H and O–H groups in total. The lowest BCUT2D eigenvalue weighted by Crippen LogP contribution is -2.01. The van der Waals surface area contributed by atoms with Crippen LogP contribution in [-0.2, 0) is 11.3 Å². The molecular weight excluding hydrogens is 228 g/mol. The number of anilines is 1. The van der Waals surface area contributed by atoms with E-state index in [9.17, 15) is 0 Å². The first-order valence-electron chi connectivity index (χ1n) is 4.47. The lowest BCUT2D eigenvalue weighted by atomic mass is 10.5. The highest BCUT2D eigenvalue weighted by Gasteiger charge is 2.06. The molecule has 6 nitrogen and oxygen atoms in total. The number of nitrogens with two attached hydrogens (primary N) is 1. The minimum atomic E-state index is 0.324. The smallest absolute Gasteiger partial charge is 0.261 e. The topological polar surface area (TPSA) is 87.1 Å². The molecule has 0 amide bonds. The van der Waals surface area contributed by atoms with E-state index in [1.165, 1.54) is 18.0 Å². The van der Waals surface area contributed by atoms with Gasteiger partial charge in [-0.25, -0.2) is 15.0 Å². The highest BCUT2D eigenvalue weighted by molar-refractivity contribution is 7.99. The SMILES string of the molecule is COCc1nc(N)cc(Sc2ncco2)n1. The van der Waals surface area contributed by atoms with Crippen molar-refractivity contribution in [3.8, 4) is 0 Å². The van der Waals surface area contributed by atoms with Crippen molar-refractivity contribution in [1.82, 2.24) is 15.0 Å². The van der Waals surface area contributed by atoms with Gasteiger partial charge in [-0.3, -0.25) is 0 Å². The third-order valence-electron chi connectivity index (χ3n) is 1.64. The number of oxazole rings is 1. The van der Waals surface area contributed by atoms with E-state index in [1.54, 1.807) is 19.4 Å². The number of nitrogens with zero attached hydrogens (tertiary/aromatic N) is 3. The standard InChI is InChI=1S/C9H10N4O2S/c1-14-5-7-12-6(10)4-8(13-7)16-9-11-2-3-15-9/h2-4H,5H2,1H3,(H2,10,12,13). The van der Waals surface area contributed by atoms with Crippen molar-refractivity contribution < 1.29 is 9.15 Å². The zero-order valence-corrected chi connectivity index (χ0v) is 9.40. The molecule has 0 saturated carbocycles. The summed E-state index contributed by atoms with van der Waals surface area (Å²) in [6, 6.07) is 1.66. The number of rotatable bonds is 4. The van der Waals surface area contributed by atoms with E-state index in [2.05, 4.69) is 15.0 Å². The van der Waals surface area contributed by atoms with Gasteiger partial charge in [-0.15, -0.1) is 0 Å². The van der Waals surface area contributed by atoms with Crippen molar-refractivity contribution in [3.63, 3.8) is 0 Å². The Morgan fingerprint density at radius 2 is 2.38 bits per heavy atom. The van der Waals surface area contributed by atoms with Crippen LogP contribution in [0.2, 0.25) is 0 Å². The minimum Gasteiger partial charge on any atom is -0.440 e. The van der Waals surface area contributed by atoms with E-state index in [-0.39, 0.29) is 0 Å². The number of hydrogen-bond acceptors (Lipinski definition) is 7. The molecule has 0 aliphatic heterocycles. The lowest BCUT2D eigenvalue weighted by Gasteiger charge is -2.02. The van der Waals surface area contributed by atoms with Crippen molar-refractivity contribution in [3.05, 3.63) is 24.4 Å². The molecule has 2 aromatic heterocycles. The first kappa shape index (κ1) is 10.9. The molecule has 2 heterocycles. The van der Waals surface area contributed by atoms with Crippen LogP contribution in [0.3, 0.4) is 0 Å². The molecule has 16 heavy (non-hydrogen) atoms. The van der Waals surface area contributed by atoms with E-state index in [0.29, 0.717) is 28.5 Å². The summed E-state index contributed by atoms with van der Waals surface area (Å²) in [7, 11) is 1.58. The van der Waals surface area contributed by atoms with Gasteiger partial charge in [0.15, 0.2) is 5.82 Å².